The molecule has 0 fully saturated rings. The molecule has 0 spiro atoms. The van der Waals surface area contributed by atoms with E-state index in [1.807, 2.05) is 24.3 Å². The number of rotatable bonds is 3. The Morgan fingerprint density at radius 2 is 2.10 bits per heavy atom. The van der Waals surface area contributed by atoms with Gasteiger partial charge < -0.3 is 5.32 Å². The summed E-state index contributed by atoms with van der Waals surface area (Å²) in [6.07, 6.45) is 0. The average molecular weight is 290 g/mol. The maximum Gasteiger partial charge on any atom is 0.292 e. The summed E-state index contributed by atoms with van der Waals surface area (Å²) in [7, 11) is 0. The van der Waals surface area contributed by atoms with E-state index in [2.05, 4.69) is 5.32 Å². The van der Waals surface area contributed by atoms with Gasteiger partial charge in [-0.05, 0) is 17.7 Å². The first-order chi connectivity index (χ1) is 9.65. The number of fused-ring (bicyclic) bond motifs is 1. The summed E-state index contributed by atoms with van der Waals surface area (Å²) in [5.41, 5.74) is 1.20. The van der Waals surface area contributed by atoms with Crippen molar-refractivity contribution in [2.45, 2.75) is 10.9 Å². The minimum absolute atomic E-state index is 0.0447. The number of nitro benzene ring substituents is 1. The Balaban J connectivity index is 1.93. The molecule has 1 atom stereocenters. The second-order valence-electron chi connectivity index (χ2n) is 4.46. The molecule has 1 N–H and O–H groups in total. The second-order valence-corrected chi connectivity index (χ2v) is 5.53. The SMILES string of the molecule is O=[N+]([O-])c1ccc(F)cc1NC1CSc2ccccc21. The van der Waals surface area contributed by atoms with Crippen LogP contribution in [0.3, 0.4) is 0 Å². The molecule has 1 aliphatic heterocycles. The Morgan fingerprint density at radius 1 is 1.30 bits per heavy atom. The van der Waals surface area contributed by atoms with E-state index >= 15 is 0 Å². The number of hydrogen-bond acceptors (Lipinski definition) is 4. The molecule has 0 aromatic heterocycles. The largest absolute Gasteiger partial charge is 0.372 e. The van der Waals surface area contributed by atoms with E-state index in [1.54, 1.807) is 11.8 Å². The van der Waals surface area contributed by atoms with Crippen molar-refractivity contribution >= 4 is 23.1 Å². The molecule has 0 amide bonds. The summed E-state index contributed by atoms with van der Waals surface area (Å²) in [5.74, 6) is 0.282. The van der Waals surface area contributed by atoms with Crippen molar-refractivity contribution in [3.8, 4) is 0 Å². The van der Waals surface area contributed by atoms with Gasteiger partial charge in [-0.2, -0.15) is 0 Å². The third-order valence-electron chi connectivity index (χ3n) is 3.18. The second kappa shape index (κ2) is 5.13. The van der Waals surface area contributed by atoms with Crippen LogP contribution in [0.2, 0.25) is 0 Å². The Labute approximate surface area is 119 Å². The van der Waals surface area contributed by atoms with Gasteiger partial charge in [-0.1, -0.05) is 18.2 Å². The van der Waals surface area contributed by atoms with Gasteiger partial charge in [0.15, 0.2) is 0 Å². The lowest BCUT2D eigenvalue weighted by molar-refractivity contribution is -0.384. The highest BCUT2D eigenvalue weighted by Crippen LogP contribution is 2.40. The van der Waals surface area contributed by atoms with Gasteiger partial charge in [-0.25, -0.2) is 4.39 Å². The quantitative estimate of drug-likeness (QED) is 0.686. The average Bonchev–Trinajstić information content (AvgIpc) is 2.82. The first-order valence-electron chi connectivity index (χ1n) is 6.07. The van der Waals surface area contributed by atoms with Crippen LogP contribution < -0.4 is 5.32 Å². The Morgan fingerprint density at radius 3 is 2.90 bits per heavy atom. The molecule has 2 aromatic carbocycles. The summed E-state index contributed by atoms with van der Waals surface area (Å²) >= 11 is 1.69. The number of nitro groups is 1. The predicted octanol–water partition coefficient (Wildman–Crippen LogP) is 3.99. The standard InChI is InChI=1S/C14H11FN2O2S/c15-9-5-6-13(17(18)19)11(7-9)16-12-8-20-14-4-2-1-3-10(12)14/h1-7,12,16H,8H2. The highest BCUT2D eigenvalue weighted by Gasteiger charge is 2.25. The van der Waals surface area contributed by atoms with Crippen LogP contribution in [-0.2, 0) is 0 Å². The maximum atomic E-state index is 13.3. The van der Waals surface area contributed by atoms with E-state index in [1.165, 1.54) is 12.1 Å². The molecule has 1 aliphatic rings. The number of nitrogens with one attached hydrogen (secondary N) is 1. The Kier molecular flexibility index (Phi) is 3.31. The van der Waals surface area contributed by atoms with E-state index in [0.29, 0.717) is 0 Å². The molecule has 1 unspecified atom stereocenters. The highest BCUT2D eigenvalue weighted by molar-refractivity contribution is 7.99. The first kappa shape index (κ1) is 12.9. The molecule has 3 rings (SSSR count). The van der Waals surface area contributed by atoms with Crippen LogP contribution in [0, 0.1) is 15.9 Å². The topological polar surface area (TPSA) is 55.2 Å². The molecule has 6 heteroatoms. The molecule has 0 saturated heterocycles. The van der Waals surface area contributed by atoms with Gasteiger partial charge in [0.25, 0.3) is 5.69 Å². The lowest BCUT2D eigenvalue weighted by Crippen LogP contribution is -2.11. The summed E-state index contributed by atoms with van der Waals surface area (Å²) in [6, 6.07) is 11.3. The summed E-state index contributed by atoms with van der Waals surface area (Å²) < 4.78 is 13.3. The summed E-state index contributed by atoms with van der Waals surface area (Å²) in [4.78, 5) is 11.6. The zero-order valence-electron chi connectivity index (χ0n) is 10.4. The molecule has 0 aliphatic carbocycles. The number of nitrogens with zero attached hydrogens (tertiary/aromatic N) is 1. The van der Waals surface area contributed by atoms with E-state index in [4.69, 9.17) is 0 Å². The fourth-order valence-electron chi connectivity index (χ4n) is 2.25. The van der Waals surface area contributed by atoms with Gasteiger partial charge in [-0.15, -0.1) is 11.8 Å². The zero-order valence-corrected chi connectivity index (χ0v) is 11.2. The van der Waals surface area contributed by atoms with Crippen LogP contribution >= 0.6 is 11.8 Å². The van der Waals surface area contributed by atoms with Gasteiger partial charge in [0, 0.05) is 22.8 Å². The summed E-state index contributed by atoms with van der Waals surface area (Å²) in [6.45, 7) is 0. The van der Waals surface area contributed by atoms with Crippen LogP contribution in [0.25, 0.3) is 0 Å². The normalized spacial score (nSPS) is 16.8. The van der Waals surface area contributed by atoms with E-state index in [9.17, 15) is 14.5 Å². The minimum Gasteiger partial charge on any atom is -0.372 e. The predicted molar refractivity (Wildman–Crippen MR) is 76.6 cm³/mol. The molecule has 0 bridgehead atoms. The molecule has 0 radical (unpaired) electrons. The van der Waals surface area contributed by atoms with Gasteiger partial charge in [0.1, 0.15) is 11.5 Å². The lowest BCUT2D eigenvalue weighted by atomic mass is 10.1. The van der Waals surface area contributed by atoms with Crippen LogP contribution in [-0.4, -0.2) is 10.7 Å². The van der Waals surface area contributed by atoms with Crippen LogP contribution in [0.15, 0.2) is 47.4 Å². The van der Waals surface area contributed by atoms with Crippen molar-refractivity contribution in [3.05, 3.63) is 64.0 Å². The van der Waals surface area contributed by atoms with Crippen LogP contribution in [0.1, 0.15) is 11.6 Å². The minimum atomic E-state index is -0.504. The van der Waals surface area contributed by atoms with Gasteiger partial charge >= 0.3 is 0 Å². The monoisotopic (exact) mass is 290 g/mol. The third-order valence-corrected chi connectivity index (χ3v) is 4.37. The van der Waals surface area contributed by atoms with Crippen molar-refractivity contribution in [2.24, 2.45) is 0 Å². The van der Waals surface area contributed by atoms with Crippen molar-refractivity contribution in [3.63, 3.8) is 0 Å². The molecule has 102 valence electrons. The smallest absolute Gasteiger partial charge is 0.292 e. The molecule has 20 heavy (non-hydrogen) atoms. The number of benzene rings is 2. The van der Waals surface area contributed by atoms with Crippen molar-refractivity contribution in [1.82, 2.24) is 0 Å². The van der Waals surface area contributed by atoms with E-state index in [0.717, 1.165) is 22.3 Å². The highest BCUT2D eigenvalue weighted by atomic mass is 32.2. The molecular weight excluding hydrogens is 279 g/mol. The number of hydrogen-bond donors (Lipinski definition) is 1. The molecule has 4 nitrogen and oxygen atoms in total. The summed E-state index contributed by atoms with van der Waals surface area (Å²) in [5, 5.41) is 14.1. The molecule has 1 heterocycles. The van der Waals surface area contributed by atoms with Crippen LogP contribution in [0.5, 0.6) is 0 Å². The van der Waals surface area contributed by atoms with Gasteiger partial charge in [0.2, 0.25) is 0 Å². The Bertz CT molecular complexity index is 678. The van der Waals surface area contributed by atoms with Crippen LogP contribution in [0.4, 0.5) is 15.8 Å². The van der Waals surface area contributed by atoms with Crippen molar-refractivity contribution < 1.29 is 9.31 Å². The molecule has 2 aromatic rings. The van der Waals surface area contributed by atoms with Gasteiger partial charge in [-0.3, -0.25) is 10.1 Å². The van der Waals surface area contributed by atoms with Crippen molar-refractivity contribution in [2.75, 3.05) is 11.1 Å². The maximum absolute atomic E-state index is 13.3. The molecular formula is C14H11FN2O2S. The number of anilines is 1. The van der Waals surface area contributed by atoms with E-state index in [-0.39, 0.29) is 17.4 Å². The fraction of sp³-hybridized carbons (Fsp3) is 0.143. The lowest BCUT2D eigenvalue weighted by Gasteiger charge is -2.14. The Hall–Kier alpha value is -2.08. The first-order valence-corrected chi connectivity index (χ1v) is 7.06. The molecule has 0 saturated carbocycles. The zero-order chi connectivity index (χ0) is 14.1. The number of thioether (sulfide) groups is 1. The fourth-order valence-corrected chi connectivity index (χ4v) is 3.41. The van der Waals surface area contributed by atoms with E-state index < -0.39 is 10.7 Å². The van der Waals surface area contributed by atoms with Crippen molar-refractivity contribution in [1.29, 1.82) is 0 Å². The van der Waals surface area contributed by atoms with Gasteiger partial charge in [0.05, 0.1) is 11.0 Å². The third kappa shape index (κ3) is 2.34. The number of halogens is 1.